The fraction of sp³-hybridized carbons (Fsp3) is 0.700. The van der Waals surface area contributed by atoms with E-state index in [4.69, 9.17) is 0 Å². The standard InChI is InChI=1S/C20H33N/c1-5-17-9-11-19(12-10-17)20(15(2)3)21-14-18-8-6-7-16(4)13-18/h9-12,15-16,18,20-21H,5-8,13-14H2,1-4H3. The van der Waals surface area contributed by atoms with Crippen molar-refractivity contribution in [2.75, 3.05) is 6.54 Å². The number of rotatable bonds is 6. The van der Waals surface area contributed by atoms with Crippen LogP contribution in [0, 0.1) is 17.8 Å². The largest absolute Gasteiger partial charge is 0.309 e. The summed E-state index contributed by atoms with van der Waals surface area (Å²) in [5.74, 6) is 2.44. The highest BCUT2D eigenvalue weighted by Crippen LogP contribution is 2.29. The van der Waals surface area contributed by atoms with E-state index in [9.17, 15) is 0 Å². The first kappa shape index (κ1) is 16.5. The maximum atomic E-state index is 3.86. The van der Waals surface area contributed by atoms with Gasteiger partial charge in [0.15, 0.2) is 0 Å². The van der Waals surface area contributed by atoms with Crippen LogP contribution in [0.2, 0.25) is 0 Å². The van der Waals surface area contributed by atoms with Crippen LogP contribution in [0.4, 0.5) is 0 Å². The Hall–Kier alpha value is -0.820. The summed E-state index contributed by atoms with van der Waals surface area (Å²) in [5, 5.41) is 3.86. The molecule has 0 radical (unpaired) electrons. The summed E-state index contributed by atoms with van der Waals surface area (Å²) in [6, 6.07) is 9.71. The Morgan fingerprint density at radius 3 is 2.43 bits per heavy atom. The van der Waals surface area contributed by atoms with Gasteiger partial charge in [0.25, 0.3) is 0 Å². The van der Waals surface area contributed by atoms with E-state index in [1.54, 1.807) is 0 Å². The Morgan fingerprint density at radius 1 is 1.14 bits per heavy atom. The van der Waals surface area contributed by atoms with Gasteiger partial charge in [0.05, 0.1) is 0 Å². The molecule has 1 saturated carbocycles. The molecule has 1 aliphatic carbocycles. The maximum absolute atomic E-state index is 3.86. The van der Waals surface area contributed by atoms with Crippen molar-refractivity contribution in [3.63, 3.8) is 0 Å². The molecule has 21 heavy (non-hydrogen) atoms. The van der Waals surface area contributed by atoms with Gasteiger partial charge < -0.3 is 5.32 Å². The highest BCUT2D eigenvalue weighted by molar-refractivity contribution is 5.25. The molecule has 0 spiro atoms. The molecule has 118 valence electrons. The third-order valence-electron chi connectivity index (χ3n) is 5.09. The zero-order chi connectivity index (χ0) is 15.2. The lowest BCUT2D eigenvalue weighted by atomic mass is 9.82. The number of aryl methyl sites for hydroxylation is 1. The number of benzene rings is 1. The molecule has 1 aromatic rings. The molecular formula is C20H33N. The molecule has 0 saturated heterocycles. The van der Waals surface area contributed by atoms with E-state index in [1.807, 2.05) is 0 Å². The zero-order valence-electron chi connectivity index (χ0n) is 14.4. The molecule has 1 aromatic carbocycles. The van der Waals surface area contributed by atoms with E-state index >= 15 is 0 Å². The molecule has 0 aliphatic heterocycles. The van der Waals surface area contributed by atoms with E-state index < -0.39 is 0 Å². The van der Waals surface area contributed by atoms with Crippen molar-refractivity contribution < 1.29 is 0 Å². The fourth-order valence-electron chi connectivity index (χ4n) is 3.74. The quantitative estimate of drug-likeness (QED) is 0.742. The second-order valence-corrected chi connectivity index (χ2v) is 7.36. The molecule has 1 fully saturated rings. The van der Waals surface area contributed by atoms with Crippen LogP contribution < -0.4 is 5.32 Å². The van der Waals surface area contributed by atoms with E-state index in [-0.39, 0.29) is 0 Å². The Bertz CT molecular complexity index is 406. The highest BCUT2D eigenvalue weighted by Gasteiger charge is 2.21. The second-order valence-electron chi connectivity index (χ2n) is 7.36. The number of nitrogens with one attached hydrogen (secondary N) is 1. The van der Waals surface area contributed by atoms with Gasteiger partial charge in [0.1, 0.15) is 0 Å². The summed E-state index contributed by atoms with van der Waals surface area (Å²) >= 11 is 0. The molecule has 2 rings (SSSR count). The van der Waals surface area contributed by atoms with Crippen molar-refractivity contribution in [2.24, 2.45) is 17.8 Å². The first-order chi connectivity index (χ1) is 10.1. The van der Waals surface area contributed by atoms with Crippen LogP contribution in [0.1, 0.15) is 70.5 Å². The molecule has 1 heteroatoms. The first-order valence-electron chi connectivity index (χ1n) is 8.92. The summed E-state index contributed by atoms with van der Waals surface area (Å²) in [6.07, 6.45) is 6.80. The van der Waals surface area contributed by atoms with Gasteiger partial charge >= 0.3 is 0 Å². The van der Waals surface area contributed by atoms with Crippen LogP contribution in [0.3, 0.4) is 0 Å². The van der Waals surface area contributed by atoms with Gasteiger partial charge in [-0.1, -0.05) is 64.8 Å². The van der Waals surface area contributed by atoms with Gasteiger partial charge in [-0.15, -0.1) is 0 Å². The normalized spacial score (nSPS) is 24.2. The van der Waals surface area contributed by atoms with Crippen molar-refractivity contribution in [3.05, 3.63) is 35.4 Å². The Morgan fingerprint density at radius 2 is 1.86 bits per heavy atom. The molecule has 3 unspecified atom stereocenters. The van der Waals surface area contributed by atoms with E-state index in [0.29, 0.717) is 12.0 Å². The highest BCUT2D eigenvalue weighted by atomic mass is 14.9. The molecular weight excluding hydrogens is 254 g/mol. The summed E-state index contributed by atoms with van der Waals surface area (Å²) in [5.41, 5.74) is 2.88. The summed E-state index contributed by atoms with van der Waals surface area (Å²) < 4.78 is 0. The Balaban J connectivity index is 1.95. The Kier molecular flexibility index (Phi) is 6.29. The van der Waals surface area contributed by atoms with Gasteiger partial charge in [-0.2, -0.15) is 0 Å². The van der Waals surface area contributed by atoms with Gasteiger partial charge in [0.2, 0.25) is 0 Å². The van der Waals surface area contributed by atoms with Gasteiger partial charge in [-0.05, 0) is 54.7 Å². The lowest BCUT2D eigenvalue weighted by Crippen LogP contribution is -2.32. The van der Waals surface area contributed by atoms with Crippen LogP contribution in [-0.4, -0.2) is 6.54 Å². The van der Waals surface area contributed by atoms with Crippen LogP contribution in [0.15, 0.2) is 24.3 Å². The van der Waals surface area contributed by atoms with Crippen LogP contribution >= 0.6 is 0 Å². The topological polar surface area (TPSA) is 12.0 Å². The van der Waals surface area contributed by atoms with Crippen molar-refractivity contribution >= 4 is 0 Å². The van der Waals surface area contributed by atoms with E-state index in [1.165, 1.54) is 43.4 Å². The molecule has 1 aliphatic rings. The fourth-order valence-corrected chi connectivity index (χ4v) is 3.74. The molecule has 0 aromatic heterocycles. The van der Waals surface area contributed by atoms with Crippen LogP contribution in [-0.2, 0) is 6.42 Å². The van der Waals surface area contributed by atoms with E-state index in [2.05, 4.69) is 57.3 Å². The molecule has 0 bridgehead atoms. The average Bonchev–Trinajstić information content (AvgIpc) is 2.48. The smallest absolute Gasteiger partial charge is 0.0343 e. The molecule has 0 amide bonds. The molecule has 1 N–H and O–H groups in total. The maximum Gasteiger partial charge on any atom is 0.0343 e. The SMILES string of the molecule is CCc1ccc(C(NCC2CCCC(C)C2)C(C)C)cc1. The molecule has 1 nitrogen and oxygen atoms in total. The first-order valence-corrected chi connectivity index (χ1v) is 8.92. The predicted molar refractivity (Wildman–Crippen MR) is 92.5 cm³/mol. The van der Waals surface area contributed by atoms with Crippen molar-refractivity contribution in [1.29, 1.82) is 0 Å². The molecule has 0 heterocycles. The van der Waals surface area contributed by atoms with Gasteiger partial charge in [0, 0.05) is 6.04 Å². The van der Waals surface area contributed by atoms with Crippen molar-refractivity contribution in [3.8, 4) is 0 Å². The predicted octanol–water partition coefficient (Wildman–Crippen LogP) is 5.36. The second kappa shape index (κ2) is 7.98. The minimum Gasteiger partial charge on any atom is -0.309 e. The lowest BCUT2D eigenvalue weighted by molar-refractivity contribution is 0.258. The minimum absolute atomic E-state index is 0.494. The molecule has 3 atom stereocenters. The van der Waals surface area contributed by atoms with Crippen LogP contribution in [0.5, 0.6) is 0 Å². The average molecular weight is 287 g/mol. The van der Waals surface area contributed by atoms with Gasteiger partial charge in [-0.3, -0.25) is 0 Å². The van der Waals surface area contributed by atoms with Crippen molar-refractivity contribution in [2.45, 2.75) is 65.8 Å². The third-order valence-corrected chi connectivity index (χ3v) is 5.09. The Labute approximate surface area is 131 Å². The third kappa shape index (κ3) is 4.85. The number of hydrogen-bond donors (Lipinski definition) is 1. The van der Waals surface area contributed by atoms with Gasteiger partial charge in [-0.25, -0.2) is 0 Å². The minimum atomic E-state index is 0.494. The van der Waals surface area contributed by atoms with Crippen LogP contribution in [0.25, 0.3) is 0 Å². The summed E-state index contributed by atoms with van der Waals surface area (Å²) in [7, 11) is 0. The summed E-state index contributed by atoms with van der Waals surface area (Å²) in [6.45, 7) is 10.5. The van der Waals surface area contributed by atoms with Crippen molar-refractivity contribution in [1.82, 2.24) is 5.32 Å². The zero-order valence-corrected chi connectivity index (χ0v) is 14.4. The van der Waals surface area contributed by atoms with E-state index in [0.717, 1.165) is 18.3 Å². The lowest BCUT2D eigenvalue weighted by Gasteiger charge is -2.30. The monoisotopic (exact) mass is 287 g/mol. The summed E-state index contributed by atoms with van der Waals surface area (Å²) in [4.78, 5) is 0. The number of hydrogen-bond acceptors (Lipinski definition) is 1.